The lowest BCUT2D eigenvalue weighted by Crippen LogP contribution is -2.36. The van der Waals surface area contributed by atoms with Gasteiger partial charge in [-0.3, -0.25) is 19.3 Å². The molecule has 2 aromatic heterocycles. The van der Waals surface area contributed by atoms with Gasteiger partial charge < -0.3 is 15.0 Å². The minimum absolute atomic E-state index is 0.0372. The van der Waals surface area contributed by atoms with Gasteiger partial charge in [0.25, 0.3) is 5.91 Å². The first-order chi connectivity index (χ1) is 16.9. The third-order valence-electron chi connectivity index (χ3n) is 6.39. The van der Waals surface area contributed by atoms with Crippen molar-refractivity contribution in [1.82, 2.24) is 25.0 Å². The van der Waals surface area contributed by atoms with Gasteiger partial charge in [-0.15, -0.1) is 0 Å². The lowest BCUT2D eigenvalue weighted by molar-refractivity contribution is -0.126. The number of hydrogen-bond acceptors (Lipinski definition) is 5. The standard InChI is InChI=1S/C27H31N5O3/c1-5-21-14-25(31(3)30-21)27(34)29-16-24-18(2)28-15-20-17-32(13-12-23(20)24)26(33)11-8-19-6-9-22(35-4)10-7-19/h6-11,14-15H,5,12-13,16-17H2,1-4H3,(H,29,34)/b11-8+. The summed E-state index contributed by atoms with van der Waals surface area (Å²) >= 11 is 0. The zero-order valence-electron chi connectivity index (χ0n) is 20.7. The van der Waals surface area contributed by atoms with E-state index in [0.29, 0.717) is 25.3 Å². The highest BCUT2D eigenvalue weighted by Gasteiger charge is 2.23. The summed E-state index contributed by atoms with van der Waals surface area (Å²) in [6, 6.07) is 9.38. The van der Waals surface area contributed by atoms with E-state index in [0.717, 1.165) is 46.7 Å². The first kappa shape index (κ1) is 24.2. The Hall–Kier alpha value is -3.94. The molecule has 1 aliphatic heterocycles. The van der Waals surface area contributed by atoms with Crippen molar-refractivity contribution in [2.24, 2.45) is 7.05 Å². The van der Waals surface area contributed by atoms with Crippen LogP contribution < -0.4 is 10.1 Å². The summed E-state index contributed by atoms with van der Waals surface area (Å²) in [5.74, 6) is 0.583. The van der Waals surface area contributed by atoms with E-state index in [1.807, 2.05) is 61.4 Å². The lowest BCUT2D eigenvalue weighted by Gasteiger charge is -2.30. The molecule has 1 aromatic carbocycles. The Balaban J connectivity index is 1.43. The Morgan fingerprint density at radius 2 is 2.00 bits per heavy atom. The summed E-state index contributed by atoms with van der Waals surface area (Å²) in [7, 11) is 3.40. The van der Waals surface area contributed by atoms with Gasteiger partial charge in [0.05, 0.1) is 12.8 Å². The van der Waals surface area contributed by atoms with Crippen LogP contribution in [0.5, 0.6) is 5.75 Å². The molecule has 0 unspecified atom stereocenters. The Morgan fingerprint density at radius 3 is 2.69 bits per heavy atom. The zero-order valence-corrected chi connectivity index (χ0v) is 20.7. The van der Waals surface area contributed by atoms with Gasteiger partial charge in [0.2, 0.25) is 5.91 Å². The number of ether oxygens (including phenoxy) is 1. The van der Waals surface area contributed by atoms with E-state index in [2.05, 4.69) is 15.4 Å². The third kappa shape index (κ3) is 5.42. The van der Waals surface area contributed by atoms with Gasteiger partial charge in [-0.1, -0.05) is 19.1 Å². The van der Waals surface area contributed by atoms with Crippen LogP contribution >= 0.6 is 0 Å². The number of methoxy groups -OCH3 is 1. The number of nitrogens with zero attached hydrogens (tertiary/aromatic N) is 4. The fourth-order valence-electron chi connectivity index (χ4n) is 4.30. The summed E-state index contributed by atoms with van der Waals surface area (Å²) in [4.78, 5) is 31.9. The van der Waals surface area contributed by atoms with Crippen LogP contribution in [0.4, 0.5) is 0 Å². The smallest absolute Gasteiger partial charge is 0.269 e. The molecule has 0 radical (unpaired) electrons. The fourth-order valence-corrected chi connectivity index (χ4v) is 4.30. The zero-order chi connectivity index (χ0) is 24.9. The maximum Gasteiger partial charge on any atom is 0.269 e. The molecule has 0 aliphatic carbocycles. The number of aromatic nitrogens is 3. The lowest BCUT2D eigenvalue weighted by atomic mass is 9.94. The number of pyridine rings is 1. The Morgan fingerprint density at radius 1 is 1.23 bits per heavy atom. The highest BCUT2D eigenvalue weighted by Crippen LogP contribution is 2.24. The molecule has 35 heavy (non-hydrogen) atoms. The van der Waals surface area contributed by atoms with Gasteiger partial charge in [-0.05, 0) is 66.3 Å². The van der Waals surface area contributed by atoms with Crippen molar-refractivity contribution in [3.63, 3.8) is 0 Å². The Labute approximate surface area is 205 Å². The first-order valence-electron chi connectivity index (χ1n) is 11.8. The molecule has 0 bridgehead atoms. The Bertz CT molecular complexity index is 1260. The molecule has 0 spiro atoms. The molecule has 0 saturated heterocycles. The normalized spacial score (nSPS) is 13.1. The van der Waals surface area contributed by atoms with E-state index in [4.69, 9.17) is 4.74 Å². The van der Waals surface area contributed by atoms with Crippen LogP contribution in [0.25, 0.3) is 6.08 Å². The first-order valence-corrected chi connectivity index (χ1v) is 11.8. The molecular formula is C27H31N5O3. The molecule has 0 fully saturated rings. The van der Waals surface area contributed by atoms with E-state index >= 15 is 0 Å². The number of nitrogens with one attached hydrogen (secondary N) is 1. The second-order valence-electron chi connectivity index (χ2n) is 8.62. The Kier molecular flexibility index (Phi) is 7.29. The van der Waals surface area contributed by atoms with Gasteiger partial charge in [0, 0.05) is 44.6 Å². The summed E-state index contributed by atoms with van der Waals surface area (Å²) in [6.45, 7) is 5.47. The van der Waals surface area contributed by atoms with Crippen molar-refractivity contribution in [3.8, 4) is 5.75 Å². The number of carbonyl (C=O) groups is 2. The van der Waals surface area contributed by atoms with Crippen LogP contribution in [0.2, 0.25) is 0 Å². The predicted octanol–water partition coefficient (Wildman–Crippen LogP) is 3.22. The number of rotatable bonds is 7. The molecule has 8 heteroatoms. The average molecular weight is 474 g/mol. The predicted molar refractivity (Wildman–Crippen MR) is 134 cm³/mol. The molecule has 3 aromatic rings. The minimum atomic E-state index is -0.159. The van der Waals surface area contributed by atoms with E-state index in [-0.39, 0.29) is 11.8 Å². The van der Waals surface area contributed by atoms with Crippen LogP contribution in [0, 0.1) is 6.92 Å². The summed E-state index contributed by atoms with van der Waals surface area (Å²) in [5.41, 5.74) is 6.46. The van der Waals surface area contributed by atoms with Crippen LogP contribution in [0.1, 0.15) is 51.1 Å². The van der Waals surface area contributed by atoms with Crippen molar-refractivity contribution in [2.75, 3.05) is 13.7 Å². The number of aryl methyl sites for hydroxylation is 3. The van der Waals surface area contributed by atoms with Gasteiger partial charge in [0.15, 0.2) is 0 Å². The second kappa shape index (κ2) is 10.5. The highest BCUT2D eigenvalue weighted by molar-refractivity contribution is 5.93. The van der Waals surface area contributed by atoms with Crippen molar-refractivity contribution in [3.05, 3.63) is 81.9 Å². The molecule has 2 amide bonds. The van der Waals surface area contributed by atoms with Crippen LogP contribution in [-0.4, -0.2) is 45.1 Å². The van der Waals surface area contributed by atoms with Crippen LogP contribution in [-0.2, 0) is 37.8 Å². The number of benzene rings is 1. The van der Waals surface area contributed by atoms with Crippen molar-refractivity contribution in [1.29, 1.82) is 0 Å². The number of hydrogen-bond donors (Lipinski definition) is 1. The molecule has 182 valence electrons. The number of amides is 2. The van der Waals surface area contributed by atoms with Crippen molar-refractivity contribution in [2.45, 2.75) is 39.8 Å². The molecule has 0 atom stereocenters. The monoisotopic (exact) mass is 473 g/mol. The maximum atomic E-state index is 12.8. The number of carbonyl (C=O) groups excluding carboxylic acids is 2. The van der Waals surface area contributed by atoms with Gasteiger partial charge in [-0.2, -0.15) is 5.10 Å². The maximum absolute atomic E-state index is 12.8. The second-order valence-corrected chi connectivity index (χ2v) is 8.62. The van der Waals surface area contributed by atoms with E-state index in [1.54, 1.807) is 24.9 Å². The quantitative estimate of drug-likeness (QED) is 0.532. The fraction of sp³-hybridized carbons (Fsp3) is 0.333. The van der Waals surface area contributed by atoms with Crippen molar-refractivity contribution < 1.29 is 14.3 Å². The molecule has 8 nitrogen and oxygen atoms in total. The topological polar surface area (TPSA) is 89.4 Å². The molecular weight excluding hydrogens is 442 g/mol. The highest BCUT2D eigenvalue weighted by atomic mass is 16.5. The van der Waals surface area contributed by atoms with Gasteiger partial charge in [-0.25, -0.2) is 0 Å². The molecule has 0 saturated carbocycles. The molecule has 1 aliphatic rings. The third-order valence-corrected chi connectivity index (χ3v) is 6.39. The van der Waals surface area contributed by atoms with E-state index in [1.165, 1.54) is 5.56 Å². The van der Waals surface area contributed by atoms with E-state index in [9.17, 15) is 9.59 Å². The average Bonchev–Trinajstić information content (AvgIpc) is 3.27. The van der Waals surface area contributed by atoms with Crippen LogP contribution in [0.3, 0.4) is 0 Å². The molecule has 1 N–H and O–H groups in total. The summed E-state index contributed by atoms with van der Waals surface area (Å²) in [5, 5.41) is 7.38. The van der Waals surface area contributed by atoms with Crippen LogP contribution in [0.15, 0.2) is 42.6 Å². The minimum Gasteiger partial charge on any atom is -0.497 e. The summed E-state index contributed by atoms with van der Waals surface area (Å²) < 4.78 is 6.79. The van der Waals surface area contributed by atoms with Gasteiger partial charge in [0.1, 0.15) is 11.4 Å². The molecule has 4 rings (SSSR count). The summed E-state index contributed by atoms with van der Waals surface area (Å²) in [6.07, 6.45) is 6.76. The van der Waals surface area contributed by atoms with Crippen molar-refractivity contribution >= 4 is 17.9 Å². The SMILES string of the molecule is CCc1cc(C(=O)NCc2c(C)ncc3c2CCN(C(=O)/C=C/c2ccc(OC)cc2)C3)n(C)n1. The molecule has 3 heterocycles. The van der Waals surface area contributed by atoms with E-state index < -0.39 is 0 Å². The number of fused-ring (bicyclic) bond motifs is 1. The van der Waals surface area contributed by atoms with Gasteiger partial charge >= 0.3 is 0 Å². The largest absolute Gasteiger partial charge is 0.497 e.